The van der Waals surface area contributed by atoms with Crippen LogP contribution in [0.15, 0.2) is 72.8 Å². The van der Waals surface area contributed by atoms with Crippen LogP contribution in [0.2, 0.25) is 0 Å². The van der Waals surface area contributed by atoms with Gasteiger partial charge in [-0.15, -0.1) is 0 Å². The van der Waals surface area contributed by atoms with E-state index in [1.165, 1.54) is 18.2 Å². The van der Waals surface area contributed by atoms with Crippen molar-refractivity contribution < 1.29 is 45.7 Å². The predicted octanol–water partition coefficient (Wildman–Crippen LogP) is 7.24. The smallest absolute Gasteiger partial charge is 0.416 e. The van der Waals surface area contributed by atoms with E-state index in [0.717, 1.165) is 30.3 Å². The SMILES string of the molecule is O=C(O)Cc1cc(Oc2cccc(OCC=Cc3ccc(C(F)(F)F)cc3)c2)ccc1C(F)(F)F. The Morgan fingerprint density at radius 1 is 0.829 bits per heavy atom. The second-order valence-corrected chi connectivity index (χ2v) is 7.30. The summed E-state index contributed by atoms with van der Waals surface area (Å²) >= 11 is 0. The van der Waals surface area contributed by atoms with Crippen molar-refractivity contribution in [1.29, 1.82) is 0 Å². The van der Waals surface area contributed by atoms with Gasteiger partial charge >= 0.3 is 18.3 Å². The van der Waals surface area contributed by atoms with E-state index in [0.29, 0.717) is 11.3 Å². The largest absolute Gasteiger partial charge is 0.489 e. The van der Waals surface area contributed by atoms with Gasteiger partial charge in [-0.25, -0.2) is 0 Å². The Bertz CT molecular complexity index is 1200. The van der Waals surface area contributed by atoms with Gasteiger partial charge in [-0.2, -0.15) is 26.3 Å². The number of halogens is 6. The van der Waals surface area contributed by atoms with E-state index >= 15 is 0 Å². The zero-order chi connectivity index (χ0) is 25.6. The molecule has 3 rings (SSSR count). The van der Waals surface area contributed by atoms with Gasteiger partial charge in [0.25, 0.3) is 0 Å². The highest BCUT2D eigenvalue weighted by Gasteiger charge is 2.34. The van der Waals surface area contributed by atoms with Crippen LogP contribution in [0.4, 0.5) is 26.3 Å². The number of benzene rings is 3. The second kappa shape index (κ2) is 10.5. The molecule has 0 saturated carbocycles. The summed E-state index contributed by atoms with van der Waals surface area (Å²) in [5, 5.41) is 8.92. The Hall–Kier alpha value is -3.95. The highest BCUT2D eigenvalue weighted by atomic mass is 19.4. The molecule has 0 aliphatic heterocycles. The Morgan fingerprint density at radius 3 is 2.11 bits per heavy atom. The zero-order valence-electron chi connectivity index (χ0n) is 17.9. The Morgan fingerprint density at radius 2 is 1.49 bits per heavy atom. The first-order valence-electron chi connectivity index (χ1n) is 10.1. The van der Waals surface area contributed by atoms with Crippen LogP contribution >= 0.6 is 0 Å². The van der Waals surface area contributed by atoms with E-state index in [-0.39, 0.29) is 18.1 Å². The Labute approximate surface area is 196 Å². The lowest BCUT2D eigenvalue weighted by molar-refractivity contribution is -0.140. The highest BCUT2D eigenvalue weighted by Crippen LogP contribution is 2.35. The fourth-order valence-corrected chi connectivity index (χ4v) is 3.09. The summed E-state index contributed by atoms with van der Waals surface area (Å²) in [4.78, 5) is 11.0. The maximum Gasteiger partial charge on any atom is 0.416 e. The minimum absolute atomic E-state index is 0.0219. The number of hydrogen-bond acceptors (Lipinski definition) is 3. The highest BCUT2D eigenvalue weighted by molar-refractivity contribution is 5.71. The number of ether oxygens (including phenoxy) is 2. The molecule has 35 heavy (non-hydrogen) atoms. The Kier molecular flexibility index (Phi) is 7.73. The summed E-state index contributed by atoms with van der Waals surface area (Å²) in [5.74, 6) is -0.770. The molecule has 4 nitrogen and oxygen atoms in total. The van der Waals surface area contributed by atoms with Gasteiger partial charge in [0.1, 0.15) is 23.9 Å². The molecule has 0 saturated heterocycles. The number of alkyl halides is 6. The summed E-state index contributed by atoms with van der Waals surface area (Å²) in [5.41, 5.74) is -1.67. The first-order chi connectivity index (χ1) is 16.4. The quantitative estimate of drug-likeness (QED) is 0.334. The molecule has 0 amide bonds. The molecule has 0 unspecified atom stereocenters. The molecule has 0 fully saturated rings. The molecule has 0 radical (unpaired) electrons. The number of hydrogen-bond donors (Lipinski definition) is 1. The van der Waals surface area contributed by atoms with E-state index in [4.69, 9.17) is 14.6 Å². The van der Waals surface area contributed by atoms with E-state index in [1.54, 1.807) is 30.4 Å². The molecule has 3 aromatic carbocycles. The standard InChI is InChI=1S/C25H18F6O4/c26-24(27,28)18-8-6-16(7-9-18)3-2-12-34-19-4-1-5-20(15-19)35-21-10-11-22(25(29,30)31)17(13-21)14-23(32)33/h1-11,13,15H,12,14H2,(H,32,33). The van der Waals surface area contributed by atoms with Crippen molar-refractivity contribution in [2.45, 2.75) is 18.8 Å². The van der Waals surface area contributed by atoms with Gasteiger partial charge in [-0.3, -0.25) is 4.79 Å². The number of carboxylic acids is 1. The topological polar surface area (TPSA) is 55.8 Å². The number of carboxylic acid groups (broad SMARTS) is 1. The predicted molar refractivity (Wildman–Crippen MR) is 115 cm³/mol. The molecule has 0 aromatic heterocycles. The summed E-state index contributed by atoms with van der Waals surface area (Å²) in [6.07, 6.45) is -6.74. The lowest BCUT2D eigenvalue weighted by Crippen LogP contribution is -2.12. The van der Waals surface area contributed by atoms with Crippen molar-refractivity contribution >= 4 is 12.0 Å². The maximum absolute atomic E-state index is 13.1. The van der Waals surface area contributed by atoms with Crippen molar-refractivity contribution in [3.63, 3.8) is 0 Å². The van der Waals surface area contributed by atoms with Crippen molar-refractivity contribution in [2.75, 3.05) is 6.61 Å². The third-order valence-electron chi connectivity index (χ3n) is 4.66. The first-order valence-corrected chi connectivity index (χ1v) is 10.1. The summed E-state index contributed by atoms with van der Waals surface area (Å²) in [6, 6.07) is 13.7. The fourth-order valence-electron chi connectivity index (χ4n) is 3.09. The molecule has 184 valence electrons. The van der Waals surface area contributed by atoms with Gasteiger partial charge in [0.2, 0.25) is 0 Å². The van der Waals surface area contributed by atoms with Crippen molar-refractivity contribution in [3.8, 4) is 17.2 Å². The van der Waals surface area contributed by atoms with Crippen molar-refractivity contribution in [2.24, 2.45) is 0 Å². The Balaban J connectivity index is 1.64. The summed E-state index contributed by atoms with van der Waals surface area (Å²) in [7, 11) is 0. The van der Waals surface area contributed by atoms with Crippen molar-refractivity contribution in [1.82, 2.24) is 0 Å². The van der Waals surface area contributed by atoms with Gasteiger partial charge in [0.05, 0.1) is 17.5 Å². The van der Waals surface area contributed by atoms with Crippen LogP contribution in [-0.4, -0.2) is 17.7 Å². The van der Waals surface area contributed by atoms with Gasteiger partial charge in [-0.1, -0.05) is 24.3 Å². The fraction of sp³-hybridized carbons (Fsp3) is 0.160. The van der Waals surface area contributed by atoms with E-state index in [1.807, 2.05) is 0 Å². The molecule has 0 bridgehead atoms. The molecule has 0 spiro atoms. The summed E-state index contributed by atoms with van der Waals surface area (Å²) in [6.45, 7) is 0.0908. The van der Waals surface area contributed by atoms with Crippen LogP contribution < -0.4 is 9.47 Å². The normalized spacial score (nSPS) is 12.1. The molecule has 10 heteroatoms. The minimum atomic E-state index is -4.70. The molecular weight excluding hydrogens is 478 g/mol. The van der Waals surface area contributed by atoms with Crippen LogP contribution in [0, 0.1) is 0 Å². The molecular formula is C25H18F6O4. The van der Waals surface area contributed by atoms with E-state index < -0.39 is 41.4 Å². The van der Waals surface area contributed by atoms with Gasteiger partial charge in [0.15, 0.2) is 0 Å². The molecule has 0 aliphatic carbocycles. The van der Waals surface area contributed by atoms with Crippen LogP contribution in [0.3, 0.4) is 0 Å². The lowest BCUT2D eigenvalue weighted by atomic mass is 10.0. The van der Waals surface area contributed by atoms with Crippen LogP contribution in [-0.2, 0) is 23.6 Å². The number of rotatable bonds is 8. The number of carbonyl (C=O) groups is 1. The second-order valence-electron chi connectivity index (χ2n) is 7.30. The van der Waals surface area contributed by atoms with Gasteiger partial charge in [0, 0.05) is 6.07 Å². The zero-order valence-corrected chi connectivity index (χ0v) is 17.9. The maximum atomic E-state index is 13.1. The van der Waals surface area contributed by atoms with E-state index in [9.17, 15) is 31.1 Å². The van der Waals surface area contributed by atoms with Crippen LogP contribution in [0.1, 0.15) is 22.3 Å². The monoisotopic (exact) mass is 496 g/mol. The minimum Gasteiger partial charge on any atom is -0.489 e. The average molecular weight is 496 g/mol. The molecule has 0 atom stereocenters. The molecule has 0 heterocycles. The average Bonchev–Trinajstić information content (AvgIpc) is 2.76. The molecule has 1 N–H and O–H groups in total. The number of aliphatic carboxylic acids is 1. The van der Waals surface area contributed by atoms with Gasteiger partial charge in [-0.05, 0) is 59.7 Å². The van der Waals surface area contributed by atoms with Gasteiger partial charge < -0.3 is 14.6 Å². The first kappa shape index (κ1) is 25.7. The molecule has 0 aliphatic rings. The summed E-state index contributed by atoms with van der Waals surface area (Å²) < 4.78 is 88.3. The van der Waals surface area contributed by atoms with Crippen molar-refractivity contribution in [3.05, 3.63) is 95.1 Å². The molecule has 3 aromatic rings. The van der Waals surface area contributed by atoms with Crippen LogP contribution in [0.5, 0.6) is 17.2 Å². The van der Waals surface area contributed by atoms with Crippen LogP contribution in [0.25, 0.3) is 6.08 Å². The van der Waals surface area contributed by atoms with E-state index in [2.05, 4.69) is 0 Å². The third kappa shape index (κ3) is 7.53. The third-order valence-corrected chi connectivity index (χ3v) is 4.66. The lowest BCUT2D eigenvalue weighted by Gasteiger charge is -2.14.